The van der Waals surface area contributed by atoms with Crippen LogP contribution in [0.15, 0.2) is 22.7 Å². The van der Waals surface area contributed by atoms with Crippen LogP contribution in [0, 0.1) is 12.7 Å². The van der Waals surface area contributed by atoms with Crippen molar-refractivity contribution >= 4 is 21.7 Å². The monoisotopic (exact) mass is 283 g/mol. The second-order valence-corrected chi connectivity index (χ2v) is 4.42. The van der Waals surface area contributed by atoms with Crippen LogP contribution >= 0.6 is 15.9 Å². The quantitative estimate of drug-likeness (QED) is 0.875. The zero-order chi connectivity index (χ0) is 11.9. The minimum atomic E-state index is -0.301. The van der Waals surface area contributed by atoms with Crippen molar-refractivity contribution in [2.45, 2.75) is 6.92 Å². The molecule has 0 unspecified atom stereocenters. The van der Waals surface area contributed by atoms with Gasteiger partial charge in [-0.1, -0.05) is 6.07 Å². The van der Waals surface area contributed by atoms with Crippen LogP contribution in [-0.2, 0) is 7.05 Å². The molecule has 1 heterocycles. The Bertz CT molecular complexity index is 529. The van der Waals surface area contributed by atoms with E-state index in [9.17, 15) is 4.39 Å². The normalized spacial score (nSPS) is 10.8. The zero-order valence-corrected chi connectivity index (χ0v) is 10.5. The first kappa shape index (κ1) is 11.1. The Balaban J connectivity index is 2.68. The fourth-order valence-corrected chi connectivity index (χ4v) is 2.21. The molecule has 5 heteroatoms. The molecule has 0 atom stereocenters. The number of halogens is 2. The van der Waals surface area contributed by atoms with E-state index in [1.165, 1.54) is 6.07 Å². The number of nitrogen functional groups attached to an aromatic ring is 1. The molecule has 0 aliphatic rings. The number of rotatable bonds is 1. The lowest BCUT2D eigenvalue weighted by molar-refractivity contribution is 0.621. The summed E-state index contributed by atoms with van der Waals surface area (Å²) >= 11 is 3.24. The first-order valence-corrected chi connectivity index (χ1v) is 5.54. The summed E-state index contributed by atoms with van der Waals surface area (Å²) in [6, 6.07) is 4.88. The van der Waals surface area contributed by atoms with Gasteiger partial charge in [0.1, 0.15) is 11.6 Å². The maximum Gasteiger partial charge on any atom is 0.138 e. The lowest BCUT2D eigenvalue weighted by atomic mass is 10.1. The minimum Gasteiger partial charge on any atom is -0.384 e. The lowest BCUT2D eigenvalue weighted by Gasteiger charge is -2.06. The highest BCUT2D eigenvalue weighted by molar-refractivity contribution is 9.10. The summed E-state index contributed by atoms with van der Waals surface area (Å²) in [5, 5.41) is 4.24. The van der Waals surface area contributed by atoms with Gasteiger partial charge in [-0.2, -0.15) is 5.10 Å². The Labute approximate surface area is 101 Å². The molecule has 2 rings (SSSR count). The minimum absolute atomic E-state index is 0.301. The molecule has 0 spiro atoms. The van der Waals surface area contributed by atoms with Crippen molar-refractivity contribution in [3.8, 4) is 11.3 Å². The predicted octanol–water partition coefficient (Wildman–Crippen LogP) is 2.88. The van der Waals surface area contributed by atoms with Gasteiger partial charge in [0.15, 0.2) is 0 Å². The van der Waals surface area contributed by atoms with Gasteiger partial charge in [-0.05, 0) is 34.5 Å². The first-order valence-electron chi connectivity index (χ1n) is 4.75. The lowest BCUT2D eigenvalue weighted by Crippen LogP contribution is -1.97. The SMILES string of the molecule is Cc1ccc(F)c(Br)c1-c1cc(N)n(C)n1. The molecular weight excluding hydrogens is 273 g/mol. The standard InChI is InChI=1S/C11H11BrFN3/c1-6-3-4-7(13)11(12)10(6)8-5-9(14)16(2)15-8/h3-5H,14H2,1-2H3. The highest BCUT2D eigenvalue weighted by Crippen LogP contribution is 2.33. The molecule has 0 saturated carbocycles. The molecule has 0 fully saturated rings. The van der Waals surface area contributed by atoms with Crippen molar-refractivity contribution in [1.29, 1.82) is 0 Å². The zero-order valence-electron chi connectivity index (χ0n) is 8.96. The maximum absolute atomic E-state index is 13.4. The topological polar surface area (TPSA) is 43.8 Å². The average Bonchev–Trinajstić information content (AvgIpc) is 2.54. The Morgan fingerprint density at radius 1 is 1.44 bits per heavy atom. The van der Waals surface area contributed by atoms with E-state index in [-0.39, 0.29) is 5.82 Å². The van der Waals surface area contributed by atoms with Gasteiger partial charge in [0.25, 0.3) is 0 Å². The van der Waals surface area contributed by atoms with Gasteiger partial charge in [-0.3, -0.25) is 4.68 Å². The van der Waals surface area contributed by atoms with E-state index in [1.54, 1.807) is 23.9 Å². The van der Waals surface area contributed by atoms with E-state index in [4.69, 9.17) is 5.73 Å². The molecule has 3 nitrogen and oxygen atoms in total. The van der Waals surface area contributed by atoms with Crippen LogP contribution in [0.1, 0.15) is 5.56 Å². The summed E-state index contributed by atoms with van der Waals surface area (Å²) in [5.74, 6) is 0.246. The summed E-state index contributed by atoms with van der Waals surface area (Å²) in [4.78, 5) is 0. The molecule has 0 aliphatic heterocycles. The first-order chi connectivity index (χ1) is 7.50. The fourth-order valence-electron chi connectivity index (χ4n) is 1.57. The number of benzene rings is 1. The molecule has 0 radical (unpaired) electrons. The molecule has 84 valence electrons. The Hall–Kier alpha value is -1.36. The summed E-state index contributed by atoms with van der Waals surface area (Å²) in [6.45, 7) is 1.91. The molecule has 2 N–H and O–H groups in total. The molecule has 2 aromatic rings. The number of nitrogens with zero attached hydrogens (tertiary/aromatic N) is 2. The molecule has 1 aromatic carbocycles. The van der Waals surface area contributed by atoms with Crippen LogP contribution in [-0.4, -0.2) is 9.78 Å². The van der Waals surface area contributed by atoms with E-state index in [2.05, 4.69) is 21.0 Å². The molecule has 16 heavy (non-hydrogen) atoms. The molecule has 0 bridgehead atoms. The Morgan fingerprint density at radius 3 is 2.69 bits per heavy atom. The molecule has 0 saturated heterocycles. The Kier molecular flexibility index (Phi) is 2.71. The van der Waals surface area contributed by atoms with E-state index in [0.29, 0.717) is 16.0 Å². The van der Waals surface area contributed by atoms with Crippen LogP contribution < -0.4 is 5.73 Å². The van der Waals surface area contributed by atoms with Crippen molar-refractivity contribution < 1.29 is 4.39 Å². The predicted molar refractivity (Wildman–Crippen MR) is 65.5 cm³/mol. The van der Waals surface area contributed by atoms with Gasteiger partial charge in [0.2, 0.25) is 0 Å². The summed E-state index contributed by atoms with van der Waals surface area (Å²) in [7, 11) is 1.75. The van der Waals surface area contributed by atoms with E-state index in [1.807, 2.05) is 6.92 Å². The van der Waals surface area contributed by atoms with Gasteiger partial charge in [0, 0.05) is 18.7 Å². The molecule has 0 aliphatic carbocycles. The van der Waals surface area contributed by atoms with E-state index in [0.717, 1.165) is 11.1 Å². The third-order valence-electron chi connectivity index (χ3n) is 2.48. The van der Waals surface area contributed by atoms with Crippen LogP contribution in [0.4, 0.5) is 10.2 Å². The van der Waals surface area contributed by atoms with Gasteiger partial charge in [-0.25, -0.2) is 4.39 Å². The van der Waals surface area contributed by atoms with Crippen LogP contribution in [0.25, 0.3) is 11.3 Å². The largest absolute Gasteiger partial charge is 0.384 e. The number of aromatic nitrogens is 2. The van der Waals surface area contributed by atoms with Crippen LogP contribution in [0.2, 0.25) is 0 Å². The van der Waals surface area contributed by atoms with Gasteiger partial charge in [0.05, 0.1) is 10.2 Å². The van der Waals surface area contributed by atoms with Crippen molar-refractivity contribution in [1.82, 2.24) is 9.78 Å². The van der Waals surface area contributed by atoms with Crippen molar-refractivity contribution in [3.05, 3.63) is 34.1 Å². The third-order valence-corrected chi connectivity index (χ3v) is 3.25. The highest BCUT2D eigenvalue weighted by atomic mass is 79.9. The molecule has 0 amide bonds. The maximum atomic E-state index is 13.4. The summed E-state index contributed by atoms with van der Waals surface area (Å²) in [6.07, 6.45) is 0. The van der Waals surface area contributed by atoms with Crippen molar-refractivity contribution in [2.75, 3.05) is 5.73 Å². The van der Waals surface area contributed by atoms with E-state index < -0.39 is 0 Å². The van der Waals surface area contributed by atoms with E-state index >= 15 is 0 Å². The summed E-state index contributed by atoms with van der Waals surface area (Å²) < 4.78 is 15.4. The van der Waals surface area contributed by atoms with Crippen molar-refractivity contribution in [2.24, 2.45) is 7.05 Å². The van der Waals surface area contributed by atoms with Gasteiger partial charge in [-0.15, -0.1) is 0 Å². The van der Waals surface area contributed by atoms with Gasteiger partial charge < -0.3 is 5.73 Å². The second kappa shape index (κ2) is 3.90. The van der Waals surface area contributed by atoms with Crippen LogP contribution in [0.3, 0.4) is 0 Å². The molecule has 1 aromatic heterocycles. The Morgan fingerprint density at radius 2 is 2.12 bits per heavy atom. The third kappa shape index (κ3) is 1.71. The number of hydrogen-bond acceptors (Lipinski definition) is 2. The number of nitrogens with two attached hydrogens (primary N) is 1. The molecular formula is C11H11BrFN3. The average molecular weight is 284 g/mol. The van der Waals surface area contributed by atoms with Gasteiger partial charge >= 0.3 is 0 Å². The van der Waals surface area contributed by atoms with Crippen molar-refractivity contribution in [3.63, 3.8) is 0 Å². The number of anilines is 1. The number of aryl methyl sites for hydroxylation is 2. The summed E-state index contributed by atoms with van der Waals surface area (Å²) in [5.41, 5.74) is 8.07. The number of hydrogen-bond donors (Lipinski definition) is 1. The second-order valence-electron chi connectivity index (χ2n) is 3.63. The highest BCUT2D eigenvalue weighted by Gasteiger charge is 2.14. The fraction of sp³-hybridized carbons (Fsp3) is 0.182. The smallest absolute Gasteiger partial charge is 0.138 e. The van der Waals surface area contributed by atoms with Crippen LogP contribution in [0.5, 0.6) is 0 Å².